The van der Waals surface area contributed by atoms with Crippen molar-refractivity contribution in [2.24, 2.45) is 4.99 Å². The van der Waals surface area contributed by atoms with Crippen molar-refractivity contribution in [2.75, 3.05) is 79.8 Å². The van der Waals surface area contributed by atoms with Crippen molar-refractivity contribution < 1.29 is 9.47 Å². The van der Waals surface area contributed by atoms with Gasteiger partial charge in [0.05, 0.1) is 19.8 Å². The molecule has 1 aliphatic heterocycles. The maximum Gasteiger partial charge on any atom is 0.191 e. The molecule has 148 valence electrons. The number of hydrogen-bond acceptors (Lipinski definition) is 5. The second-order valence-corrected chi connectivity index (χ2v) is 7.18. The molecule has 0 aromatic rings. The minimum atomic E-state index is 0.0447. The van der Waals surface area contributed by atoms with E-state index in [1.807, 2.05) is 0 Å². The number of methoxy groups -OCH3 is 1. The van der Waals surface area contributed by atoms with Crippen molar-refractivity contribution in [1.82, 2.24) is 20.4 Å². The molecule has 0 bridgehead atoms. The van der Waals surface area contributed by atoms with E-state index >= 15 is 0 Å². The van der Waals surface area contributed by atoms with Crippen LogP contribution in [-0.2, 0) is 9.47 Å². The molecule has 1 fully saturated rings. The first kappa shape index (κ1) is 22.2. The van der Waals surface area contributed by atoms with Gasteiger partial charge in [-0.1, -0.05) is 0 Å². The van der Waals surface area contributed by atoms with Crippen LogP contribution in [0.15, 0.2) is 4.99 Å². The number of morpholine rings is 1. The first-order valence-electron chi connectivity index (χ1n) is 9.52. The molecule has 0 unspecified atom stereocenters. The fraction of sp³-hybridized carbons (Fsp3) is 0.944. The maximum absolute atomic E-state index is 5.45. The zero-order valence-electron chi connectivity index (χ0n) is 16.9. The van der Waals surface area contributed by atoms with Crippen LogP contribution < -0.4 is 10.6 Å². The summed E-state index contributed by atoms with van der Waals surface area (Å²) < 4.78 is 10.6. The largest absolute Gasteiger partial charge is 0.385 e. The summed E-state index contributed by atoms with van der Waals surface area (Å²) in [5.41, 5.74) is 0.0447. The van der Waals surface area contributed by atoms with Gasteiger partial charge in [-0.25, -0.2) is 0 Å². The number of rotatable bonds is 11. The van der Waals surface area contributed by atoms with Crippen LogP contribution in [0, 0.1) is 0 Å². The molecule has 7 nitrogen and oxygen atoms in total. The summed E-state index contributed by atoms with van der Waals surface area (Å²) in [6, 6.07) is 0. The summed E-state index contributed by atoms with van der Waals surface area (Å²) in [5.74, 6) is 0.897. The molecule has 0 spiro atoms. The molecule has 2 N–H and O–H groups in total. The van der Waals surface area contributed by atoms with Crippen LogP contribution >= 0.6 is 0 Å². The summed E-state index contributed by atoms with van der Waals surface area (Å²) in [6.45, 7) is 15.6. The maximum atomic E-state index is 5.45. The van der Waals surface area contributed by atoms with Gasteiger partial charge in [0.15, 0.2) is 5.96 Å². The zero-order chi connectivity index (χ0) is 18.5. The normalized spacial score (nSPS) is 17.1. The molecule has 25 heavy (non-hydrogen) atoms. The van der Waals surface area contributed by atoms with Gasteiger partial charge in [-0.15, -0.1) is 0 Å². The third-order valence-corrected chi connectivity index (χ3v) is 4.51. The third-order valence-electron chi connectivity index (χ3n) is 4.51. The lowest BCUT2D eigenvalue weighted by Gasteiger charge is -2.39. The minimum Gasteiger partial charge on any atom is -0.385 e. The number of aliphatic imine (C=N–C) groups is 1. The molecule has 0 aromatic heterocycles. The predicted octanol–water partition coefficient (Wildman–Crippen LogP) is 0.621. The Morgan fingerprint density at radius 1 is 1.24 bits per heavy atom. The van der Waals surface area contributed by atoms with Crippen LogP contribution in [0.3, 0.4) is 0 Å². The number of guanidine groups is 1. The Bertz CT molecular complexity index is 370. The highest BCUT2D eigenvalue weighted by molar-refractivity contribution is 5.79. The topological polar surface area (TPSA) is 61.4 Å². The highest BCUT2D eigenvalue weighted by atomic mass is 16.5. The van der Waals surface area contributed by atoms with Gasteiger partial charge < -0.3 is 25.0 Å². The van der Waals surface area contributed by atoms with E-state index in [-0.39, 0.29) is 5.54 Å². The fourth-order valence-electron chi connectivity index (χ4n) is 2.84. The molecule has 1 rings (SSSR count). The van der Waals surface area contributed by atoms with E-state index in [2.05, 4.69) is 48.3 Å². The van der Waals surface area contributed by atoms with E-state index in [9.17, 15) is 0 Å². The van der Waals surface area contributed by atoms with Crippen molar-refractivity contribution in [2.45, 2.75) is 32.7 Å². The monoisotopic (exact) mass is 357 g/mol. The van der Waals surface area contributed by atoms with Gasteiger partial charge in [0.2, 0.25) is 0 Å². The lowest BCUT2D eigenvalue weighted by molar-refractivity contribution is -0.00683. The summed E-state index contributed by atoms with van der Waals surface area (Å²) in [4.78, 5) is 9.58. The second kappa shape index (κ2) is 12.5. The van der Waals surface area contributed by atoms with Crippen molar-refractivity contribution in [1.29, 1.82) is 0 Å². The Kier molecular flexibility index (Phi) is 11.0. The molecule has 1 heterocycles. The summed E-state index contributed by atoms with van der Waals surface area (Å²) in [5, 5.41) is 6.78. The van der Waals surface area contributed by atoms with E-state index < -0.39 is 0 Å². The SMILES string of the molecule is CCNC(=NCC(C)(C)N1CCOCC1)NCCN(C)CCCOC. The average Bonchev–Trinajstić information content (AvgIpc) is 2.61. The molecule has 0 atom stereocenters. The van der Waals surface area contributed by atoms with Crippen molar-refractivity contribution >= 4 is 5.96 Å². The van der Waals surface area contributed by atoms with E-state index in [1.54, 1.807) is 7.11 Å². The Labute approximate surface area is 154 Å². The molecule has 0 aromatic carbocycles. The number of ether oxygens (including phenoxy) is 2. The predicted molar refractivity (Wildman–Crippen MR) is 104 cm³/mol. The number of nitrogens with zero attached hydrogens (tertiary/aromatic N) is 3. The van der Waals surface area contributed by atoms with Crippen molar-refractivity contribution in [3.63, 3.8) is 0 Å². The second-order valence-electron chi connectivity index (χ2n) is 7.18. The Hall–Kier alpha value is -0.890. The van der Waals surface area contributed by atoms with Gasteiger partial charge in [-0.2, -0.15) is 0 Å². The quantitative estimate of drug-likeness (QED) is 0.321. The van der Waals surface area contributed by atoms with E-state index in [0.29, 0.717) is 0 Å². The molecule has 0 saturated carbocycles. The average molecular weight is 358 g/mol. The van der Waals surface area contributed by atoms with Crippen LogP contribution in [0.2, 0.25) is 0 Å². The van der Waals surface area contributed by atoms with Gasteiger partial charge in [0.25, 0.3) is 0 Å². The lowest BCUT2D eigenvalue weighted by Crippen LogP contribution is -2.52. The molecule has 1 aliphatic rings. The molecule has 0 amide bonds. The molecule has 1 saturated heterocycles. The third kappa shape index (κ3) is 9.39. The molecule has 0 aliphatic carbocycles. The standard InChI is InChI=1S/C18H39N5O2/c1-6-19-17(20-8-10-22(4)9-7-13-24-5)21-16-18(2,3)23-11-14-25-15-12-23/h6-16H2,1-5H3,(H2,19,20,21). The van der Waals surface area contributed by atoms with Crippen LogP contribution in [0.25, 0.3) is 0 Å². The van der Waals surface area contributed by atoms with Gasteiger partial charge >= 0.3 is 0 Å². The molecular weight excluding hydrogens is 318 g/mol. The first-order valence-corrected chi connectivity index (χ1v) is 9.52. The number of hydrogen-bond donors (Lipinski definition) is 2. The fourth-order valence-corrected chi connectivity index (χ4v) is 2.84. The smallest absolute Gasteiger partial charge is 0.191 e. The summed E-state index contributed by atoms with van der Waals surface area (Å²) >= 11 is 0. The Morgan fingerprint density at radius 2 is 1.96 bits per heavy atom. The summed E-state index contributed by atoms with van der Waals surface area (Å²) in [7, 11) is 3.89. The van der Waals surface area contributed by atoms with E-state index in [4.69, 9.17) is 14.5 Å². The highest BCUT2D eigenvalue weighted by Gasteiger charge is 2.28. The van der Waals surface area contributed by atoms with Crippen LogP contribution in [0.4, 0.5) is 0 Å². The van der Waals surface area contributed by atoms with E-state index in [0.717, 1.165) is 78.0 Å². The minimum absolute atomic E-state index is 0.0447. The Morgan fingerprint density at radius 3 is 2.60 bits per heavy atom. The van der Waals surface area contributed by atoms with Crippen LogP contribution in [-0.4, -0.2) is 101 Å². The zero-order valence-corrected chi connectivity index (χ0v) is 16.9. The number of likely N-dealkylation sites (N-methyl/N-ethyl adjacent to an activating group) is 1. The van der Waals surface area contributed by atoms with Crippen LogP contribution in [0.5, 0.6) is 0 Å². The Balaban J connectivity index is 2.39. The number of nitrogens with one attached hydrogen (secondary N) is 2. The molecule has 7 heteroatoms. The van der Waals surface area contributed by atoms with Gasteiger partial charge in [-0.3, -0.25) is 9.89 Å². The van der Waals surface area contributed by atoms with Crippen LogP contribution in [0.1, 0.15) is 27.2 Å². The lowest BCUT2D eigenvalue weighted by atomic mass is 10.0. The molecule has 0 radical (unpaired) electrons. The first-order chi connectivity index (χ1) is 12.0. The summed E-state index contributed by atoms with van der Waals surface area (Å²) in [6.07, 6.45) is 1.06. The van der Waals surface area contributed by atoms with Crippen molar-refractivity contribution in [3.05, 3.63) is 0 Å². The van der Waals surface area contributed by atoms with Gasteiger partial charge in [-0.05, 0) is 34.2 Å². The highest BCUT2D eigenvalue weighted by Crippen LogP contribution is 2.16. The molecular formula is C18H39N5O2. The van der Waals surface area contributed by atoms with Gasteiger partial charge in [0, 0.05) is 58.5 Å². The van der Waals surface area contributed by atoms with E-state index in [1.165, 1.54) is 0 Å². The van der Waals surface area contributed by atoms with Crippen molar-refractivity contribution in [3.8, 4) is 0 Å². The van der Waals surface area contributed by atoms with Gasteiger partial charge in [0.1, 0.15) is 0 Å².